The quantitative estimate of drug-likeness (QED) is 0.419. The number of rotatable bonds is 5. The van der Waals surface area contributed by atoms with Crippen molar-refractivity contribution in [2.45, 2.75) is 13.8 Å². The van der Waals surface area contributed by atoms with Crippen molar-refractivity contribution >= 4 is 45.6 Å². The number of aryl methyl sites for hydroxylation is 1. The molecular weight excluding hydrogens is 354 g/mol. The van der Waals surface area contributed by atoms with E-state index in [1.54, 1.807) is 18.5 Å². The fourth-order valence-corrected chi connectivity index (χ4v) is 2.86. The van der Waals surface area contributed by atoms with Gasteiger partial charge in [-0.1, -0.05) is 12.1 Å². The number of carbonyl (C=O) groups is 1. The molecule has 4 aromatic rings. The maximum atomic E-state index is 11.4. The molecule has 0 aliphatic heterocycles. The lowest BCUT2D eigenvalue weighted by Crippen LogP contribution is -2.07. The van der Waals surface area contributed by atoms with Crippen LogP contribution < -0.4 is 16.0 Å². The Balaban J connectivity index is 1.56. The molecule has 4 rings (SSSR count). The third-order valence-corrected chi connectivity index (χ3v) is 4.21. The first-order valence-corrected chi connectivity index (χ1v) is 8.76. The van der Waals surface area contributed by atoms with Gasteiger partial charge in [0.2, 0.25) is 11.9 Å². The summed E-state index contributed by atoms with van der Waals surface area (Å²) in [6.07, 6.45) is 3.45. The Kier molecular flexibility index (Phi) is 4.59. The Morgan fingerprint density at radius 2 is 1.96 bits per heavy atom. The SMILES string of the molecule is CC(=O)Nc1cc(Nc2nccc(Nc3cccc4[nH]ncc34)n2)ccc1C. The number of nitrogens with one attached hydrogen (secondary N) is 4. The summed E-state index contributed by atoms with van der Waals surface area (Å²) in [5.74, 6) is 0.985. The van der Waals surface area contributed by atoms with E-state index in [2.05, 4.69) is 36.1 Å². The van der Waals surface area contributed by atoms with E-state index in [0.29, 0.717) is 11.8 Å². The van der Waals surface area contributed by atoms with Crippen LogP contribution in [0.5, 0.6) is 0 Å². The molecule has 0 spiro atoms. The molecule has 0 radical (unpaired) electrons. The van der Waals surface area contributed by atoms with Crippen LogP contribution in [0.4, 0.5) is 28.8 Å². The van der Waals surface area contributed by atoms with Crippen LogP contribution in [0.3, 0.4) is 0 Å². The molecule has 0 aliphatic rings. The molecule has 0 saturated carbocycles. The molecule has 140 valence electrons. The Morgan fingerprint density at radius 3 is 2.82 bits per heavy atom. The van der Waals surface area contributed by atoms with Gasteiger partial charge >= 0.3 is 0 Å². The van der Waals surface area contributed by atoms with Crippen molar-refractivity contribution in [1.29, 1.82) is 0 Å². The smallest absolute Gasteiger partial charge is 0.229 e. The zero-order valence-electron chi connectivity index (χ0n) is 15.4. The molecule has 0 fully saturated rings. The first-order valence-electron chi connectivity index (χ1n) is 8.76. The highest BCUT2D eigenvalue weighted by molar-refractivity contribution is 5.92. The average Bonchev–Trinajstić information content (AvgIpc) is 3.14. The van der Waals surface area contributed by atoms with Crippen LogP contribution in [0.15, 0.2) is 54.9 Å². The number of carbonyl (C=O) groups excluding carboxylic acids is 1. The van der Waals surface area contributed by atoms with Crippen LogP contribution in [0.1, 0.15) is 12.5 Å². The summed E-state index contributed by atoms with van der Waals surface area (Å²) in [5, 5.41) is 17.3. The molecule has 8 heteroatoms. The number of hydrogen-bond donors (Lipinski definition) is 4. The van der Waals surface area contributed by atoms with Crippen LogP contribution in [-0.4, -0.2) is 26.1 Å². The molecule has 0 bridgehead atoms. The first-order chi connectivity index (χ1) is 13.6. The highest BCUT2D eigenvalue weighted by Crippen LogP contribution is 2.25. The topological polar surface area (TPSA) is 108 Å². The highest BCUT2D eigenvalue weighted by atomic mass is 16.1. The summed E-state index contributed by atoms with van der Waals surface area (Å²) in [6.45, 7) is 3.42. The van der Waals surface area contributed by atoms with Crippen molar-refractivity contribution < 1.29 is 4.79 Å². The number of H-pyrrole nitrogens is 1. The largest absolute Gasteiger partial charge is 0.339 e. The zero-order chi connectivity index (χ0) is 19.5. The summed E-state index contributed by atoms with van der Waals surface area (Å²) in [6, 6.07) is 13.4. The zero-order valence-corrected chi connectivity index (χ0v) is 15.4. The van der Waals surface area contributed by atoms with Crippen molar-refractivity contribution in [3.63, 3.8) is 0 Å². The first kappa shape index (κ1) is 17.5. The van der Waals surface area contributed by atoms with E-state index in [1.165, 1.54) is 6.92 Å². The van der Waals surface area contributed by atoms with Crippen LogP contribution in [0.25, 0.3) is 10.9 Å². The van der Waals surface area contributed by atoms with E-state index in [1.807, 2.05) is 43.3 Å². The minimum absolute atomic E-state index is 0.115. The van der Waals surface area contributed by atoms with Gasteiger partial charge in [0, 0.05) is 29.9 Å². The molecular formula is C20H19N7O. The lowest BCUT2D eigenvalue weighted by molar-refractivity contribution is -0.114. The summed E-state index contributed by atoms with van der Waals surface area (Å²) < 4.78 is 0. The minimum atomic E-state index is -0.115. The van der Waals surface area contributed by atoms with Crippen LogP contribution >= 0.6 is 0 Å². The standard InChI is InChI=1S/C20H19N7O/c1-12-6-7-14(10-18(12)23-13(2)28)24-20-21-9-8-19(26-20)25-16-4-3-5-17-15(16)11-22-27-17/h3-11H,1-2H3,(H,22,27)(H,23,28)(H2,21,24,25,26). The van der Waals surface area contributed by atoms with E-state index < -0.39 is 0 Å². The van der Waals surface area contributed by atoms with E-state index >= 15 is 0 Å². The van der Waals surface area contributed by atoms with Gasteiger partial charge in [-0.15, -0.1) is 0 Å². The minimum Gasteiger partial charge on any atom is -0.339 e. The van der Waals surface area contributed by atoms with Gasteiger partial charge in [-0.2, -0.15) is 10.1 Å². The van der Waals surface area contributed by atoms with Gasteiger partial charge in [0.1, 0.15) is 5.82 Å². The fourth-order valence-electron chi connectivity index (χ4n) is 2.86. The number of benzene rings is 2. The molecule has 28 heavy (non-hydrogen) atoms. The molecule has 0 atom stereocenters. The second-order valence-electron chi connectivity index (χ2n) is 6.36. The van der Waals surface area contributed by atoms with Crippen molar-refractivity contribution in [3.8, 4) is 0 Å². The van der Waals surface area contributed by atoms with Crippen molar-refractivity contribution in [3.05, 3.63) is 60.4 Å². The fraction of sp³-hybridized carbons (Fsp3) is 0.100. The van der Waals surface area contributed by atoms with Gasteiger partial charge in [-0.25, -0.2) is 4.98 Å². The maximum absolute atomic E-state index is 11.4. The second-order valence-corrected chi connectivity index (χ2v) is 6.36. The Hall–Kier alpha value is -3.94. The Labute approximate surface area is 161 Å². The number of aromatic nitrogens is 4. The van der Waals surface area contributed by atoms with Crippen LogP contribution in [-0.2, 0) is 4.79 Å². The summed E-state index contributed by atoms with van der Waals surface area (Å²) in [4.78, 5) is 20.1. The molecule has 1 amide bonds. The van der Waals surface area contributed by atoms with E-state index in [9.17, 15) is 4.79 Å². The predicted octanol–water partition coefficient (Wildman–Crippen LogP) is 4.11. The monoisotopic (exact) mass is 373 g/mol. The van der Waals surface area contributed by atoms with E-state index in [0.717, 1.165) is 33.5 Å². The number of aromatic amines is 1. The van der Waals surface area contributed by atoms with Gasteiger partial charge in [0.05, 0.1) is 17.4 Å². The predicted molar refractivity (Wildman–Crippen MR) is 110 cm³/mol. The van der Waals surface area contributed by atoms with Crippen molar-refractivity contribution in [1.82, 2.24) is 20.2 Å². The number of fused-ring (bicyclic) bond motifs is 1. The van der Waals surface area contributed by atoms with E-state index in [-0.39, 0.29) is 5.91 Å². The maximum Gasteiger partial charge on any atom is 0.229 e. The van der Waals surface area contributed by atoms with Gasteiger partial charge in [-0.05, 0) is 42.8 Å². The van der Waals surface area contributed by atoms with Crippen molar-refractivity contribution in [2.24, 2.45) is 0 Å². The lowest BCUT2D eigenvalue weighted by atomic mass is 10.2. The van der Waals surface area contributed by atoms with Gasteiger partial charge < -0.3 is 16.0 Å². The third-order valence-electron chi connectivity index (χ3n) is 4.21. The molecule has 0 saturated heterocycles. The number of amides is 1. The Morgan fingerprint density at radius 1 is 1.07 bits per heavy atom. The highest BCUT2D eigenvalue weighted by Gasteiger charge is 2.07. The summed E-state index contributed by atoms with van der Waals surface area (Å²) in [5.41, 5.74) is 4.36. The molecule has 0 aliphatic carbocycles. The van der Waals surface area contributed by atoms with Crippen molar-refractivity contribution in [2.75, 3.05) is 16.0 Å². The summed E-state index contributed by atoms with van der Waals surface area (Å²) in [7, 11) is 0. The van der Waals surface area contributed by atoms with Crippen LogP contribution in [0, 0.1) is 6.92 Å². The van der Waals surface area contributed by atoms with E-state index in [4.69, 9.17) is 0 Å². The lowest BCUT2D eigenvalue weighted by Gasteiger charge is -2.11. The third kappa shape index (κ3) is 3.75. The normalized spacial score (nSPS) is 10.6. The molecule has 2 heterocycles. The van der Waals surface area contributed by atoms with Crippen LogP contribution in [0.2, 0.25) is 0 Å². The van der Waals surface area contributed by atoms with Gasteiger partial charge in [0.15, 0.2) is 0 Å². The Bertz CT molecular complexity index is 1150. The number of nitrogens with zero attached hydrogens (tertiary/aromatic N) is 3. The molecule has 0 unspecified atom stereocenters. The molecule has 8 nitrogen and oxygen atoms in total. The molecule has 4 N–H and O–H groups in total. The number of hydrogen-bond acceptors (Lipinski definition) is 6. The number of anilines is 5. The second kappa shape index (κ2) is 7.36. The van der Waals surface area contributed by atoms with Gasteiger partial charge in [-0.3, -0.25) is 9.89 Å². The van der Waals surface area contributed by atoms with Gasteiger partial charge in [0.25, 0.3) is 0 Å². The molecule has 2 aromatic heterocycles. The average molecular weight is 373 g/mol. The summed E-state index contributed by atoms with van der Waals surface area (Å²) >= 11 is 0. The molecule has 2 aromatic carbocycles.